The minimum atomic E-state index is -3.38. The minimum Gasteiger partial charge on any atom is -0.212 e. The zero-order valence-corrected chi connectivity index (χ0v) is 10.6. The van der Waals surface area contributed by atoms with Crippen molar-refractivity contribution in [1.29, 1.82) is 0 Å². The topological polar surface area (TPSA) is 34.1 Å². The molecule has 1 aromatic carbocycles. The van der Waals surface area contributed by atoms with Crippen molar-refractivity contribution < 1.29 is 8.42 Å². The van der Waals surface area contributed by atoms with Crippen molar-refractivity contribution in [2.75, 3.05) is 0 Å². The molecule has 3 aliphatic rings. The van der Waals surface area contributed by atoms with E-state index in [-0.39, 0.29) is 5.41 Å². The minimum absolute atomic E-state index is 0.107. The van der Waals surface area contributed by atoms with Crippen LogP contribution in [0.1, 0.15) is 30.4 Å². The van der Waals surface area contributed by atoms with Gasteiger partial charge in [0.1, 0.15) is 0 Å². The molecule has 2 nitrogen and oxygen atoms in total. The summed E-state index contributed by atoms with van der Waals surface area (Å²) in [6.45, 7) is 2.05. The van der Waals surface area contributed by atoms with E-state index in [4.69, 9.17) is 10.7 Å². The first-order valence-electron chi connectivity index (χ1n) is 5.38. The summed E-state index contributed by atoms with van der Waals surface area (Å²) >= 11 is 0. The highest BCUT2D eigenvalue weighted by molar-refractivity contribution is 8.15. The maximum Gasteiger partial charge on any atom is 0.238 e. The Kier molecular flexibility index (Phi) is 1.87. The molecule has 3 saturated carbocycles. The zero-order valence-electron chi connectivity index (χ0n) is 9.03. The zero-order chi connectivity index (χ0) is 11.6. The third-order valence-electron chi connectivity index (χ3n) is 4.16. The molecule has 0 heterocycles. The molecule has 0 saturated heterocycles. The van der Waals surface area contributed by atoms with Gasteiger partial charge in [0.05, 0.1) is 4.75 Å². The fraction of sp³-hybridized carbons (Fsp3) is 0.500. The van der Waals surface area contributed by atoms with Crippen LogP contribution in [0, 0.1) is 6.92 Å². The van der Waals surface area contributed by atoms with Crippen LogP contribution >= 0.6 is 10.7 Å². The average Bonchev–Trinajstić information content (AvgIpc) is 2.00. The highest BCUT2D eigenvalue weighted by Crippen LogP contribution is 2.71. The van der Waals surface area contributed by atoms with Crippen LogP contribution in [0.2, 0.25) is 0 Å². The molecule has 3 fully saturated rings. The van der Waals surface area contributed by atoms with Crippen LogP contribution in [0.15, 0.2) is 24.3 Å². The van der Waals surface area contributed by atoms with E-state index in [0.29, 0.717) is 19.3 Å². The predicted octanol–water partition coefficient (Wildman–Crippen LogP) is 2.74. The molecule has 2 bridgehead atoms. The Morgan fingerprint density at radius 3 is 2.06 bits per heavy atom. The summed E-state index contributed by atoms with van der Waals surface area (Å²) in [6, 6.07) is 8.38. The van der Waals surface area contributed by atoms with Gasteiger partial charge in [0, 0.05) is 10.7 Å². The SMILES string of the molecule is Cc1ccc(C23CC(S(=O)(=O)Cl)(C2)C3)cc1. The maximum atomic E-state index is 11.4. The summed E-state index contributed by atoms with van der Waals surface area (Å²) in [5, 5.41) is 0. The average molecular weight is 257 g/mol. The highest BCUT2D eigenvalue weighted by Gasteiger charge is 2.74. The van der Waals surface area contributed by atoms with Crippen molar-refractivity contribution in [3.05, 3.63) is 35.4 Å². The second kappa shape index (κ2) is 2.82. The van der Waals surface area contributed by atoms with Gasteiger partial charge in [0.2, 0.25) is 9.05 Å². The van der Waals surface area contributed by atoms with Gasteiger partial charge >= 0.3 is 0 Å². The molecule has 0 radical (unpaired) electrons. The van der Waals surface area contributed by atoms with Gasteiger partial charge in [-0.25, -0.2) is 8.42 Å². The Balaban J connectivity index is 1.86. The molecule has 0 unspecified atom stereocenters. The van der Waals surface area contributed by atoms with Crippen LogP contribution in [-0.4, -0.2) is 13.2 Å². The van der Waals surface area contributed by atoms with E-state index >= 15 is 0 Å². The lowest BCUT2D eigenvalue weighted by Crippen LogP contribution is -2.71. The van der Waals surface area contributed by atoms with Crippen molar-refractivity contribution in [2.45, 2.75) is 36.3 Å². The van der Waals surface area contributed by atoms with E-state index in [1.54, 1.807) is 0 Å². The van der Waals surface area contributed by atoms with E-state index < -0.39 is 13.8 Å². The second-order valence-electron chi connectivity index (χ2n) is 5.30. The van der Waals surface area contributed by atoms with Crippen LogP contribution in [0.5, 0.6) is 0 Å². The Morgan fingerprint density at radius 2 is 1.62 bits per heavy atom. The lowest BCUT2D eigenvalue weighted by Gasteiger charge is -2.68. The van der Waals surface area contributed by atoms with Gasteiger partial charge in [0.15, 0.2) is 0 Å². The van der Waals surface area contributed by atoms with Gasteiger partial charge in [-0.05, 0) is 37.2 Å². The molecule has 0 aliphatic heterocycles. The van der Waals surface area contributed by atoms with Gasteiger partial charge < -0.3 is 0 Å². The van der Waals surface area contributed by atoms with Crippen LogP contribution in [0.25, 0.3) is 0 Å². The van der Waals surface area contributed by atoms with Crippen molar-refractivity contribution in [3.63, 3.8) is 0 Å². The molecular formula is C12H13ClO2S. The number of rotatable bonds is 2. The number of benzene rings is 1. The summed E-state index contributed by atoms with van der Waals surface area (Å²) in [5.41, 5.74) is 2.60. The summed E-state index contributed by atoms with van der Waals surface area (Å²) in [4.78, 5) is 0. The third kappa shape index (κ3) is 1.16. The molecule has 3 aliphatic carbocycles. The number of hydrogen-bond acceptors (Lipinski definition) is 2. The van der Waals surface area contributed by atoms with Gasteiger partial charge in [-0.1, -0.05) is 29.8 Å². The molecule has 4 rings (SSSR count). The highest BCUT2D eigenvalue weighted by atomic mass is 35.7. The van der Waals surface area contributed by atoms with Gasteiger partial charge in [0.25, 0.3) is 0 Å². The maximum absolute atomic E-state index is 11.4. The number of halogens is 1. The fourth-order valence-electron chi connectivity index (χ4n) is 3.17. The molecule has 0 N–H and O–H groups in total. The summed E-state index contributed by atoms with van der Waals surface area (Å²) in [7, 11) is 2.08. The van der Waals surface area contributed by atoms with Gasteiger partial charge in [-0.15, -0.1) is 0 Å². The Hall–Kier alpha value is -0.540. The first-order valence-corrected chi connectivity index (χ1v) is 7.69. The van der Waals surface area contributed by atoms with Crippen LogP contribution in [0.4, 0.5) is 0 Å². The van der Waals surface area contributed by atoms with Gasteiger partial charge in [-0.3, -0.25) is 0 Å². The van der Waals surface area contributed by atoms with E-state index in [0.717, 1.165) is 0 Å². The van der Waals surface area contributed by atoms with E-state index in [9.17, 15) is 8.42 Å². The molecule has 1 aromatic rings. The molecule has 0 atom stereocenters. The Morgan fingerprint density at radius 1 is 1.12 bits per heavy atom. The van der Waals surface area contributed by atoms with E-state index in [1.807, 2.05) is 0 Å². The van der Waals surface area contributed by atoms with E-state index in [1.165, 1.54) is 11.1 Å². The van der Waals surface area contributed by atoms with Crippen molar-refractivity contribution in [3.8, 4) is 0 Å². The Bertz CT molecular complexity index is 525. The lowest BCUT2D eigenvalue weighted by molar-refractivity contribution is 0.00144. The lowest BCUT2D eigenvalue weighted by atomic mass is 9.41. The van der Waals surface area contributed by atoms with E-state index in [2.05, 4.69) is 31.2 Å². The summed E-state index contributed by atoms with van der Waals surface area (Å²) in [6.07, 6.45) is 2.11. The molecule has 0 aromatic heterocycles. The smallest absolute Gasteiger partial charge is 0.212 e. The van der Waals surface area contributed by atoms with Gasteiger partial charge in [-0.2, -0.15) is 0 Å². The van der Waals surface area contributed by atoms with Crippen LogP contribution in [-0.2, 0) is 14.5 Å². The first kappa shape index (κ1) is 10.6. The molecule has 86 valence electrons. The second-order valence-corrected chi connectivity index (χ2v) is 8.26. The Labute approximate surface area is 100 Å². The monoisotopic (exact) mass is 256 g/mol. The fourth-order valence-corrected chi connectivity index (χ4v) is 5.00. The first-order chi connectivity index (χ1) is 7.37. The number of aryl methyl sites for hydroxylation is 1. The normalized spacial score (nSPS) is 36.4. The standard InChI is InChI=1S/C12H13ClO2S/c1-9-2-4-10(5-3-9)11-6-12(7-11,8-11)16(13,14)15/h2-5H,6-8H2,1H3. The third-order valence-corrected chi connectivity index (χ3v) is 6.61. The predicted molar refractivity (Wildman–Crippen MR) is 64.2 cm³/mol. The molecule has 0 spiro atoms. The quantitative estimate of drug-likeness (QED) is 0.763. The molecule has 0 amide bonds. The van der Waals surface area contributed by atoms with Crippen LogP contribution in [0.3, 0.4) is 0 Å². The number of hydrogen-bond donors (Lipinski definition) is 0. The van der Waals surface area contributed by atoms with Crippen LogP contribution < -0.4 is 0 Å². The molecule has 16 heavy (non-hydrogen) atoms. The van der Waals surface area contributed by atoms with Crippen molar-refractivity contribution >= 4 is 19.7 Å². The molecule has 4 heteroatoms. The van der Waals surface area contributed by atoms with Crippen molar-refractivity contribution in [2.24, 2.45) is 0 Å². The van der Waals surface area contributed by atoms with Crippen molar-refractivity contribution in [1.82, 2.24) is 0 Å². The molecular weight excluding hydrogens is 244 g/mol. The summed E-state index contributed by atoms with van der Waals surface area (Å²) < 4.78 is 22.1. The largest absolute Gasteiger partial charge is 0.238 e. The summed E-state index contributed by atoms with van der Waals surface area (Å²) in [5.74, 6) is 0.